The number of rotatable bonds is 4. The van der Waals surface area contributed by atoms with Gasteiger partial charge in [-0.25, -0.2) is 14.8 Å². The summed E-state index contributed by atoms with van der Waals surface area (Å²) in [4.78, 5) is 32.3. The highest BCUT2D eigenvalue weighted by molar-refractivity contribution is 5.92. The summed E-state index contributed by atoms with van der Waals surface area (Å²) in [6, 6.07) is 0. The minimum atomic E-state index is -1.14. The molecule has 1 amide bonds. The van der Waals surface area contributed by atoms with Crippen LogP contribution in [0.1, 0.15) is 47.7 Å². The summed E-state index contributed by atoms with van der Waals surface area (Å²) in [5, 5.41) is 8.75. The quantitative estimate of drug-likeness (QED) is 0.905. The molecule has 2 heterocycles. The predicted molar refractivity (Wildman–Crippen MR) is 72.5 cm³/mol. The molecule has 0 bridgehead atoms. The maximum Gasteiger partial charge on any atom is 0.356 e. The number of amides is 1. The molecule has 1 aliphatic heterocycles. The van der Waals surface area contributed by atoms with Gasteiger partial charge in [-0.15, -0.1) is 0 Å². The summed E-state index contributed by atoms with van der Waals surface area (Å²) in [5.74, 6) is -0.134. The Morgan fingerprint density at radius 1 is 1.35 bits per heavy atom. The zero-order valence-corrected chi connectivity index (χ0v) is 11.7. The van der Waals surface area contributed by atoms with Crippen LogP contribution in [0.2, 0.25) is 0 Å². The first-order chi connectivity index (χ1) is 9.47. The van der Waals surface area contributed by atoms with Gasteiger partial charge < -0.3 is 10.0 Å². The normalized spacial score (nSPS) is 18.6. The summed E-state index contributed by atoms with van der Waals surface area (Å²) < 4.78 is 0. The van der Waals surface area contributed by atoms with Crippen molar-refractivity contribution < 1.29 is 14.7 Å². The molecular formula is C14H19N3O3. The Balaban J connectivity index is 2.00. The number of aromatic carboxylic acids is 1. The van der Waals surface area contributed by atoms with Gasteiger partial charge in [-0.05, 0) is 24.7 Å². The number of hydrogen-bond acceptors (Lipinski definition) is 4. The SMILES string of the molecule is CC(C)CC1CCN(C(=O)c2cnc(C(=O)O)cn2)C1. The van der Waals surface area contributed by atoms with Gasteiger partial charge in [0.15, 0.2) is 5.69 Å². The second-order valence-electron chi connectivity index (χ2n) is 5.63. The van der Waals surface area contributed by atoms with E-state index in [1.54, 1.807) is 4.90 Å². The van der Waals surface area contributed by atoms with Gasteiger partial charge in [0.25, 0.3) is 5.91 Å². The molecule has 20 heavy (non-hydrogen) atoms. The molecule has 1 unspecified atom stereocenters. The van der Waals surface area contributed by atoms with E-state index in [-0.39, 0.29) is 17.3 Å². The molecule has 1 fully saturated rings. The highest BCUT2D eigenvalue weighted by Crippen LogP contribution is 2.24. The average Bonchev–Trinajstić information content (AvgIpc) is 2.85. The van der Waals surface area contributed by atoms with E-state index in [0.29, 0.717) is 11.8 Å². The zero-order chi connectivity index (χ0) is 14.7. The summed E-state index contributed by atoms with van der Waals surface area (Å²) in [6.07, 6.45) is 4.50. The number of carbonyl (C=O) groups is 2. The molecule has 0 saturated carbocycles. The van der Waals surface area contributed by atoms with E-state index in [4.69, 9.17) is 5.11 Å². The lowest BCUT2D eigenvalue weighted by Crippen LogP contribution is -2.29. The number of nitrogens with zero attached hydrogens (tertiary/aromatic N) is 3. The van der Waals surface area contributed by atoms with Crippen LogP contribution in [0.3, 0.4) is 0 Å². The monoisotopic (exact) mass is 277 g/mol. The topological polar surface area (TPSA) is 83.4 Å². The van der Waals surface area contributed by atoms with Crippen molar-refractivity contribution in [3.63, 3.8) is 0 Å². The standard InChI is InChI=1S/C14H19N3O3/c1-9(2)5-10-3-4-17(8-10)13(18)11-6-16-12(7-15-11)14(19)20/h6-7,9-10H,3-5,8H2,1-2H3,(H,19,20). The number of hydrogen-bond donors (Lipinski definition) is 1. The first-order valence-electron chi connectivity index (χ1n) is 6.82. The van der Waals surface area contributed by atoms with Crippen molar-refractivity contribution in [1.29, 1.82) is 0 Å². The van der Waals surface area contributed by atoms with Gasteiger partial charge in [-0.2, -0.15) is 0 Å². The molecule has 1 aromatic heterocycles. The van der Waals surface area contributed by atoms with Crippen molar-refractivity contribution in [1.82, 2.24) is 14.9 Å². The van der Waals surface area contributed by atoms with Gasteiger partial charge in [0.1, 0.15) is 5.69 Å². The minimum absolute atomic E-state index is 0.152. The largest absolute Gasteiger partial charge is 0.476 e. The van der Waals surface area contributed by atoms with Crippen LogP contribution in [0.5, 0.6) is 0 Å². The van der Waals surface area contributed by atoms with Crippen molar-refractivity contribution in [2.75, 3.05) is 13.1 Å². The maximum absolute atomic E-state index is 12.2. The van der Waals surface area contributed by atoms with Crippen molar-refractivity contribution in [2.24, 2.45) is 11.8 Å². The van der Waals surface area contributed by atoms with Crippen LogP contribution in [-0.4, -0.2) is 44.9 Å². The number of carboxylic acids is 1. The lowest BCUT2D eigenvalue weighted by Gasteiger charge is -2.16. The molecule has 2 rings (SSSR count). The molecule has 0 radical (unpaired) electrons. The lowest BCUT2D eigenvalue weighted by molar-refractivity contribution is 0.0687. The van der Waals surface area contributed by atoms with Gasteiger partial charge in [0.2, 0.25) is 0 Å². The summed E-state index contributed by atoms with van der Waals surface area (Å²) >= 11 is 0. The molecule has 1 saturated heterocycles. The molecule has 1 aromatic rings. The Kier molecular flexibility index (Phi) is 4.32. The van der Waals surface area contributed by atoms with Crippen molar-refractivity contribution in [3.05, 3.63) is 23.8 Å². The summed E-state index contributed by atoms with van der Waals surface area (Å²) in [7, 11) is 0. The third-order valence-electron chi connectivity index (χ3n) is 3.47. The van der Waals surface area contributed by atoms with Gasteiger partial charge in [-0.3, -0.25) is 4.79 Å². The Hall–Kier alpha value is -1.98. The van der Waals surface area contributed by atoms with E-state index in [1.807, 2.05) is 0 Å². The number of carboxylic acid groups (broad SMARTS) is 1. The van der Waals surface area contributed by atoms with Crippen LogP contribution in [0.15, 0.2) is 12.4 Å². The molecular weight excluding hydrogens is 258 g/mol. The third-order valence-corrected chi connectivity index (χ3v) is 3.47. The molecule has 0 aromatic carbocycles. The van der Waals surface area contributed by atoms with Crippen LogP contribution in [-0.2, 0) is 0 Å². The molecule has 0 aliphatic carbocycles. The van der Waals surface area contributed by atoms with E-state index >= 15 is 0 Å². The van der Waals surface area contributed by atoms with Crippen molar-refractivity contribution >= 4 is 11.9 Å². The van der Waals surface area contributed by atoms with Crippen molar-refractivity contribution in [3.8, 4) is 0 Å². The average molecular weight is 277 g/mol. The molecule has 0 spiro atoms. The fourth-order valence-electron chi connectivity index (χ4n) is 2.59. The van der Waals surface area contributed by atoms with E-state index in [1.165, 1.54) is 6.20 Å². The van der Waals surface area contributed by atoms with Crippen LogP contribution < -0.4 is 0 Å². The number of carbonyl (C=O) groups excluding carboxylic acids is 1. The van der Waals surface area contributed by atoms with E-state index in [9.17, 15) is 9.59 Å². The Morgan fingerprint density at radius 2 is 2.00 bits per heavy atom. The van der Waals surface area contributed by atoms with Gasteiger partial charge >= 0.3 is 5.97 Å². The minimum Gasteiger partial charge on any atom is -0.476 e. The van der Waals surface area contributed by atoms with E-state index in [0.717, 1.165) is 32.1 Å². The zero-order valence-electron chi connectivity index (χ0n) is 11.7. The van der Waals surface area contributed by atoms with Gasteiger partial charge in [0.05, 0.1) is 12.4 Å². The van der Waals surface area contributed by atoms with Crippen LogP contribution in [0.25, 0.3) is 0 Å². The van der Waals surface area contributed by atoms with Gasteiger partial charge in [0, 0.05) is 13.1 Å². The second-order valence-corrected chi connectivity index (χ2v) is 5.63. The maximum atomic E-state index is 12.2. The molecule has 1 atom stereocenters. The first-order valence-corrected chi connectivity index (χ1v) is 6.82. The smallest absolute Gasteiger partial charge is 0.356 e. The highest BCUT2D eigenvalue weighted by Gasteiger charge is 2.28. The van der Waals surface area contributed by atoms with E-state index in [2.05, 4.69) is 23.8 Å². The second kappa shape index (κ2) is 5.98. The Labute approximate surface area is 117 Å². The molecule has 108 valence electrons. The molecule has 6 nitrogen and oxygen atoms in total. The fraction of sp³-hybridized carbons (Fsp3) is 0.571. The predicted octanol–water partition coefficient (Wildman–Crippen LogP) is 1.68. The van der Waals surface area contributed by atoms with Crippen LogP contribution >= 0.6 is 0 Å². The number of likely N-dealkylation sites (tertiary alicyclic amines) is 1. The van der Waals surface area contributed by atoms with E-state index < -0.39 is 5.97 Å². The highest BCUT2D eigenvalue weighted by atomic mass is 16.4. The molecule has 1 N–H and O–H groups in total. The molecule has 1 aliphatic rings. The lowest BCUT2D eigenvalue weighted by atomic mass is 9.97. The third kappa shape index (κ3) is 3.31. The number of aromatic nitrogens is 2. The summed E-state index contributed by atoms with van der Waals surface area (Å²) in [6.45, 7) is 5.85. The van der Waals surface area contributed by atoms with Crippen LogP contribution in [0, 0.1) is 11.8 Å². The van der Waals surface area contributed by atoms with Crippen LogP contribution in [0.4, 0.5) is 0 Å². The van der Waals surface area contributed by atoms with Gasteiger partial charge in [-0.1, -0.05) is 13.8 Å². The first kappa shape index (κ1) is 14.4. The molecule has 6 heteroatoms. The Bertz CT molecular complexity index is 499. The Morgan fingerprint density at radius 3 is 2.55 bits per heavy atom. The summed E-state index contributed by atoms with van der Waals surface area (Å²) in [5.41, 5.74) is 0.0563. The fourth-order valence-corrected chi connectivity index (χ4v) is 2.59. The van der Waals surface area contributed by atoms with Crippen molar-refractivity contribution in [2.45, 2.75) is 26.7 Å².